The number of nitro groups is 1. The molecular formula is C11H8N4O4. The summed E-state index contributed by atoms with van der Waals surface area (Å²) in [6.45, 7) is 0. The number of hydrogen-bond acceptors (Lipinski definition) is 5. The van der Waals surface area contributed by atoms with Crippen LogP contribution in [0.3, 0.4) is 0 Å². The largest absolute Gasteiger partial charge is 0.348 e. The summed E-state index contributed by atoms with van der Waals surface area (Å²) in [7, 11) is 0. The lowest BCUT2D eigenvalue weighted by Crippen LogP contribution is -2.26. The summed E-state index contributed by atoms with van der Waals surface area (Å²) in [5.41, 5.74) is -0.814. The molecular weight excluding hydrogens is 252 g/mol. The minimum absolute atomic E-state index is 0.0715. The minimum atomic E-state index is -0.686. The maximum Gasteiger partial charge on any atom is 0.348 e. The average Bonchev–Trinajstić information content (AvgIpc) is 2.38. The van der Waals surface area contributed by atoms with E-state index in [-0.39, 0.29) is 5.69 Å². The first kappa shape index (κ1) is 12.4. The predicted molar refractivity (Wildman–Crippen MR) is 67.4 cm³/mol. The molecule has 0 atom stereocenters. The molecule has 0 unspecified atom stereocenters. The fourth-order valence-electron chi connectivity index (χ4n) is 1.35. The fourth-order valence-corrected chi connectivity index (χ4v) is 1.35. The van der Waals surface area contributed by atoms with Crippen LogP contribution in [0.5, 0.6) is 0 Å². The molecule has 1 aromatic heterocycles. The zero-order chi connectivity index (χ0) is 13.8. The Kier molecular flexibility index (Phi) is 3.33. The molecule has 2 aromatic rings. The lowest BCUT2D eigenvalue weighted by Gasteiger charge is -1.96. The van der Waals surface area contributed by atoms with E-state index in [0.29, 0.717) is 5.56 Å². The third-order valence-corrected chi connectivity index (χ3v) is 2.22. The van der Waals surface area contributed by atoms with Crippen LogP contribution in [0.1, 0.15) is 5.56 Å². The molecule has 8 heteroatoms. The van der Waals surface area contributed by atoms with E-state index in [1.807, 2.05) is 4.98 Å². The van der Waals surface area contributed by atoms with Crippen molar-refractivity contribution in [2.24, 2.45) is 5.10 Å². The molecule has 0 bridgehead atoms. The number of nitro benzene ring substituents is 1. The van der Waals surface area contributed by atoms with Gasteiger partial charge in [0.1, 0.15) is 0 Å². The maximum absolute atomic E-state index is 11.3. The van der Waals surface area contributed by atoms with Gasteiger partial charge in [0, 0.05) is 30.0 Å². The molecule has 2 rings (SSSR count). The Labute approximate surface area is 105 Å². The lowest BCUT2D eigenvalue weighted by atomic mass is 10.2. The maximum atomic E-state index is 11.3. The van der Waals surface area contributed by atoms with Crippen LogP contribution in [0.2, 0.25) is 0 Å². The normalized spacial score (nSPS) is 10.7. The number of aromatic amines is 1. The molecule has 96 valence electrons. The van der Waals surface area contributed by atoms with Crippen molar-refractivity contribution < 1.29 is 4.92 Å². The molecule has 0 aliphatic rings. The van der Waals surface area contributed by atoms with E-state index in [1.54, 1.807) is 6.07 Å². The van der Waals surface area contributed by atoms with Gasteiger partial charge in [-0.25, -0.2) is 4.79 Å². The van der Waals surface area contributed by atoms with Crippen molar-refractivity contribution >= 4 is 11.9 Å². The molecule has 1 aromatic carbocycles. The van der Waals surface area contributed by atoms with E-state index in [9.17, 15) is 19.7 Å². The summed E-state index contributed by atoms with van der Waals surface area (Å²) in [6, 6.07) is 6.93. The van der Waals surface area contributed by atoms with Crippen LogP contribution < -0.4 is 11.2 Å². The van der Waals surface area contributed by atoms with Gasteiger partial charge < -0.3 is 0 Å². The number of hydrogen-bond donors (Lipinski definition) is 1. The van der Waals surface area contributed by atoms with Gasteiger partial charge in [-0.05, 0) is 0 Å². The van der Waals surface area contributed by atoms with Gasteiger partial charge in [-0.2, -0.15) is 9.78 Å². The molecule has 0 fully saturated rings. The van der Waals surface area contributed by atoms with Gasteiger partial charge in [-0.15, -0.1) is 0 Å². The zero-order valence-corrected chi connectivity index (χ0v) is 9.52. The Morgan fingerprint density at radius 1 is 1.32 bits per heavy atom. The first-order chi connectivity index (χ1) is 9.06. The van der Waals surface area contributed by atoms with Crippen LogP contribution in [0.4, 0.5) is 5.69 Å². The number of nitrogens with zero attached hydrogens (tertiary/aromatic N) is 3. The first-order valence-corrected chi connectivity index (χ1v) is 5.17. The van der Waals surface area contributed by atoms with E-state index in [0.717, 1.165) is 10.7 Å². The molecule has 0 saturated carbocycles. The average molecular weight is 260 g/mol. The van der Waals surface area contributed by atoms with Crippen LogP contribution in [-0.2, 0) is 0 Å². The Morgan fingerprint density at radius 2 is 2.11 bits per heavy atom. The SMILES string of the molecule is O=c1ccn(N=Cc2cccc([N+](=O)[O-])c2)c(=O)[nH]1. The van der Waals surface area contributed by atoms with Crippen LogP contribution in [-0.4, -0.2) is 20.8 Å². The van der Waals surface area contributed by atoms with Gasteiger partial charge in [0.2, 0.25) is 0 Å². The first-order valence-electron chi connectivity index (χ1n) is 5.17. The second-order valence-corrected chi connectivity index (χ2v) is 3.55. The molecule has 1 N–H and O–H groups in total. The zero-order valence-electron chi connectivity index (χ0n) is 9.52. The highest BCUT2D eigenvalue weighted by atomic mass is 16.6. The quantitative estimate of drug-likeness (QED) is 0.487. The molecule has 0 amide bonds. The highest BCUT2D eigenvalue weighted by Gasteiger charge is 2.04. The van der Waals surface area contributed by atoms with E-state index in [1.165, 1.54) is 30.6 Å². The minimum Gasteiger partial charge on any atom is -0.272 e. The van der Waals surface area contributed by atoms with Crippen molar-refractivity contribution in [2.45, 2.75) is 0 Å². The van der Waals surface area contributed by atoms with Crippen LogP contribution in [0.15, 0.2) is 51.2 Å². The number of rotatable bonds is 3. The molecule has 0 aliphatic carbocycles. The molecule has 0 radical (unpaired) electrons. The predicted octanol–water partition coefficient (Wildman–Crippen LogP) is 0.327. The van der Waals surface area contributed by atoms with Gasteiger partial charge in [0.05, 0.1) is 11.1 Å². The van der Waals surface area contributed by atoms with Crippen molar-refractivity contribution in [2.75, 3.05) is 0 Å². The Morgan fingerprint density at radius 3 is 2.79 bits per heavy atom. The van der Waals surface area contributed by atoms with E-state index in [4.69, 9.17) is 0 Å². The smallest absolute Gasteiger partial charge is 0.272 e. The highest BCUT2D eigenvalue weighted by Crippen LogP contribution is 2.11. The summed E-state index contributed by atoms with van der Waals surface area (Å²) in [5.74, 6) is 0. The number of non-ortho nitro benzene ring substituents is 1. The summed E-state index contributed by atoms with van der Waals surface area (Å²) in [5, 5.41) is 14.4. The Balaban J connectivity index is 2.32. The Bertz CT molecular complexity index is 760. The summed E-state index contributed by atoms with van der Waals surface area (Å²) in [4.78, 5) is 34.3. The van der Waals surface area contributed by atoms with Gasteiger partial charge in [-0.3, -0.25) is 19.9 Å². The monoisotopic (exact) mass is 260 g/mol. The standard InChI is InChI=1S/C11H8N4O4/c16-10-4-5-14(11(17)13-10)12-7-8-2-1-3-9(6-8)15(18)19/h1-7H,(H,13,16,17). The van der Waals surface area contributed by atoms with Crippen molar-refractivity contribution in [3.8, 4) is 0 Å². The van der Waals surface area contributed by atoms with E-state index in [2.05, 4.69) is 5.10 Å². The van der Waals surface area contributed by atoms with E-state index < -0.39 is 16.2 Å². The van der Waals surface area contributed by atoms with Crippen LogP contribution in [0, 0.1) is 10.1 Å². The van der Waals surface area contributed by atoms with Crippen molar-refractivity contribution in [1.29, 1.82) is 0 Å². The highest BCUT2D eigenvalue weighted by molar-refractivity contribution is 5.80. The van der Waals surface area contributed by atoms with Crippen LogP contribution >= 0.6 is 0 Å². The summed E-state index contributed by atoms with van der Waals surface area (Å²) in [6.07, 6.45) is 2.49. The van der Waals surface area contributed by atoms with Gasteiger partial charge in [0.25, 0.3) is 11.2 Å². The topological polar surface area (TPSA) is 110 Å². The van der Waals surface area contributed by atoms with Crippen molar-refractivity contribution in [3.05, 3.63) is 73.0 Å². The molecule has 0 spiro atoms. The van der Waals surface area contributed by atoms with Gasteiger partial charge in [0.15, 0.2) is 0 Å². The number of H-pyrrole nitrogens is 1. The second kappa shape index (κ2) is 5.08. The fraction of sp³-hybridized carbons (Fsp3) is 0. The molecule has 0 aliphatic heterocycles. The summed E-state index contributed by atoms with van der Waals surface area (Å²) >= 11 is 0. The number of aromatic nitrogens is 2. The third-order valence-electron chi connectivity index (χ3n) is 2.22. The molecule has 1 heterocycles. The third kappa shape index (κ3) is 3.00. The lowest BCUT2D eigenvalue weighted by molar-refractivity contribution is -0.384. The van der Waals surface area contributed by atoms with E-state index >= 15 is 0 Å². The van der Waals surface area contributed by atoms with Crippen molar-refractivity contribution in [3.63, 3.8) is 0 Å². The number of nitrogens with one attached hydrogen (secondary N) is 1. The van der Waals surface area contributed by atoms with Crippen molar-refractivity contribution in [1.82, 2.24) is 9.66 Å². The summed E-state index contributed by atoms with van der Waals surface area (Å²) < 4.78 is 0.917. The molecule has 19 heavy (non-hydrogen) atoms. The number of benzene rings is 1. The van der Waals surface area contributed by atoms with Crippen LogP contribution in [0.25, 0.3) is 0 Å². The Hall–Kier alpha value is -3.03. The second-order valence-electron chi connectivity index (χ2n) is 3.55. The van der Waals surface area contributed by atoms with Gasteiger partial charge in [-0.1, -0.05) is 12.1 Å². The molecule has 0 saturated heterocycles. The van der Waals surface area contributed by atoms with Gasteiger partial charge >= 0.3 is 5.69 Å². The molecule has 8 nitrogen and oxygen atoms in total.